The van der Waals surface area contributed by atoms with Crippen molar-refractivity contribution in [2.45, 2.75) is 6.29 Å². The van der Waals surface area contributed by atoms with Gasteiger partial charge in [-0.2, -0.15) is 4.98 Å². The molecule has 2 N–H and O–H groups in total. The topological polar surface area (TPSA) is 94.3 Å². The summed E-state index contributed by atoms with van der Waals surface area (Å²) in [5.74, 6) is 1.55. The Labute approximate surface area is 176 Å². The zero-order valence-electron chi connectivity index (χ0n) is 16.0. The summed E-state index contributed by atoms with van der Waals surface area (Å²) in [4.78, 5) is 12.6. The van der Waals surface area contributed by atoms with E-state index >= 15 is 0 Å². The van der Waals surface area contributed by atoms with Gasteiger partial charge in [-0.15, -0.1) is 0 Å². The summed E-state index contributed by atoms with van der Waals surface area (Å²) in [5.41, 5.74) is 2.24. The first-order valence-corrected chi connectivity index (χ1v) is 9.37. The molecular formula is C22H16FN5O3. The minimum atomic E-state index is -0.725. The summed E-state index contributed by atoms with van der Waals surface area (Å²) in [6.45, 7) is 0. The molecule has 0 bridgehead atoms. The third-order valence-electron chi connectivity index (χ3n) is 4.40. The average Bonchev–Trinajstić information content (AvgIpc) is 3.47. The molecule has 0 radical (unpaired) electrons. The third-order valence-corrected chi connectivity index (χ3v) is 4.40. The number of hydrogen-bond donors (Lipinski definition) is 2. The molecule has 1 aliphatic rings. The summed E-state index contributed by atoms with van der Waals surface area (Å²) in [5, 5.41) is 6.18. The van der Waals surface area contributed by atoms with E-state index in [4.69, 9.17) is 13.9 Å². The number of ether oxygens (including phenoxy) is 2. The first-order chi connectivity index (χ1) is 15.2. The molecule has 2 aromatic heterocycles. The lowest BCUT2D eigenvalue weighted by molar-refractivity contribution is -0.0325. The quantitative estimate of drug-likeness (QED) is 0.454. The van der Waals surface area contributed by atoms with Gasteiger partial charge in [-0.3, -0.25) is 0 Å². The molecular weight excluding hydrogens is 401 g/mol. The summed E-state index contributed by atoms with van der Waals surface area (Å²) in [7, 11) is 0. The Bertz CT molecular complexity index is 1230. The van der Waals surface area contributed by atoms with E-state index < -0.39 is 6.29 Å². The molecule has 3 heterocycles. The van der Waals surface area contributed by atoms with Gasteiger partial charge in [0.25, 0.3) is 6.29 Å². The van der Waals surface area contributed by atoms with Crippen LogP contribution in [0.3, 0.4) is 0 Å². The molecule has 0 amide bonds. The van der Waals surface area contributed by atoms with Crippen molar-refractivity contribution in [3.8, 4) is 11.3 Å². The van der Waals surface area contributed by atoms with Crippen molar-refractivity contribution in [1.82, 2.24) is 15.0 Å². The highest BCUT2D eigenvalue weighted by Gasteiger charge is 2.22. The van der Waals surface area contributed by atoms with Gasteiger partial charge in [0.05, 0.1) is 6.20 Å². The van der Waals surface area contributed by atoms with E-state index in [0.29, 0.717) is 29.0 Å². The Kier molecular flexibility index (Phi) is 4.89. The van der Waals surface area contributed by atoms with E-state index in [1.54, 1.807) is 30.6 Å². The minimum Gasteiger partial charge on any atom is -0.453 e. The fourth-order valence-corrected chi connectivity index (χ4v) is 3.01. The van der Waals surface area contributed by atoms with Crippen molar-refractivity contribution in [3.05, 3.63) is 96.9 Å². The lowest BCUT2D eigenvalue weighted by atomic mass is 10.1. The molecule has 154 valence electrons. The maximum Gasteiger partial charge on any atom is 0.268 e. The molecule has 1 aliphatic heterocycles. The van der Waals surface area contributed by atoms with E-state index in [1.807, 2.05) is 24.3 Å². The Hall–Kier alpha value is -4.40. The largest absolute Gasteiger partial charge is 0.453 e. The van der Waals surface area contributed by atoms with Crippen LogP contribution in [0.5, 0.6) is 0 Å². The van der Waals surface area contributed by atoms with Gasteiger partial charge in [0.15, 0.2) is 12.2 Å². The number of nitrogens with one attached hydrogen (secondary N) is 2. The Balaban J connectivity index is 1.25. The number of oxazole rings is 1. The van der Waals surface area contributed by atoms with Crippen LogP contribution in [-0.4, -0.2) is 15.0 Å². The molecule has 0 saturated heterocycles. The average molecular weight is 417 g/mol. The van der Waals surface area contributed by atoms with E-state index in [0.717, 1.165) is 11.3 Å². The predicted molar refractivity (Wildman–Crippen MR) is 110 cm³/mol. The van der Waals surface area contributed by atoms with Crippen molar-refractivity contribution in [3.63, 3.8) is 0 Å². The highest BCUT2D eigenvalue weighted by atomic mass is 19.1. The second kappa shape index (κ2) is 8.15. The molecule has 0 saturated carbocycles. The lowest BCUT2D eigenvalue weighted by Crippen LogP contribution is -2.06. The fraction of sp³-hybridized carbons (Fsp3) is 0.0455. The molecule has 0 spiro atoms. The van der Waals surface area contributed by atoms with Crippen LogP contribution in [0.1, 0.15) is 11.9 Å². The molecule has 4 aromatic rings. The van der Waals surface area contributed by atoms with Crippen molar-refractivity contribution >= 4 is 17.5 Å². The number of halogens is 1. The molecule has 9 heteroatoms. The summed E-state index contributed by atoms with van der Waals surface area (Å²) in [6, 6.07) is 15.4. The first kappa shape index (κ1) is 18.6. The zero-order valence-corrected chi connectivity index (χ0v) is 16.0. The van der Waals surface area contributed by atoms with Gasteiger partial charge in [0, 0.05) is 23.0 Å². The van der Waals surface area contributed by atoms with Crippen molar-refractivity contribution in [1.29, 1.82) is 0 Å². The molecule has 31 heavy (non-hydrogen) atoms. The smallest absolute Gasteiger partial charge is 0.268 e. The first-order valence-electron chi connectivity index (χ1n) is 9.37. The molecule has 1 unspecified atom stereocenters. The van der Waals surface area contributed by atoms with Crippen molar-refractivity contribution in [2.75, 3.05) is 10.6 Å². The van der Waals surface area contributed by atoms with Gasteiger partial charge < -0.3 is 24.5 Å². The molecule has 5 rings (SSSR count). The number of rotatable bonds is 6. The number of benzene rings is 2. The maximum atomic E-state index is 13.4. The van der Waals surface area contributed by atoms with Gasteiger partial charge in [-0.1, -0.05) is 24.3 Å². The molecule has 2 aromatic carbocycles. The molecule has 8 nitrogen and oxygen atoms in total. The van der Waals surface area contributed by atoms with E-state index in [1.165, 1.54) is 24.8 Å². The third kappa shape index (κ3) is 4.30. The van der Waals surface area contributed by atoms with Gasteiger partial charge in [-0.25, -0.2) is 14.4 Å². The Morgan fingerprint density at radius 3 is 2.81 bits per heavy atom. The number of aromatic nitrogens is 3. The zero-order chi connectivity index (χ0) is 21.0. The van der Waals surface area contributed by atoms with Gasteiger partial charge in [0.2, 0.25) is 11.8 Å². The predicted octanol–water partition coefficient (Wildman–Crippen LogP) is 4.97. The number of anilines is 3. The lowest BCUT2D eigenvalue weighted by Gasteiger charge is -2.13. The second-order valence-electron chi connectivity index (χ2n) is 6.58. The monoisotopic (exact) mass is 417 g/mol. The van der Waals surface area contributed by atoms with Gasteiger partial charge in [0.1, 0.15) is 17.9 Å². The van der Waals surface area contributed by atoms with E-state index in [-0.39, 0.29) is 5.82 Å². The van der Waals surface area contributed by atoms with Crippen LogP contribution in [0.25, 0.3) is 11.3 Å². The standard InChI is InChI=1S/C22H16FN5O3/c23-16-5-1-4-15(9-16)21-29-12-20(31-21)27-19-7-8-25-22(28-19)26-17-6-2-3-14(10-17)18-11-24-13-30-18/h1-13,21H,(H2,25,26,27,28). The van der Waals surface area contributed by atoms with E-state index in [2.05, 4.69) is 25.6 Å². The number of nitrogens with zero attached hydrogens (tertiary/aromatic N) is 3. The van der Waals surface area contributed by atoms with Gasteiger partial charge in [-0.05, 0) is 30.3 Å². The molecule has 0 fully saturated rings. The summed E-state index contributed by atoms with van der Waals surface area (Å²) in [6.07, 6.45) is 5.34. The normalized spacial score (nSPS) is 15.0. The van der Waals surface area contributed by atoms with Crippen LogP contribution in [0, 0.1) is 5.82 Å². The van der Waals surface area contributed by atoms with Crippen LogP contribution in [-0.2, 0) is 9.47 Å². The Morgan fingerprint density at radius 1 is 1.00 bits per heavy atom. The number of hydrogen-bond acceptors (Lipinski definition) is 8. The van der Waals surface area contributed by atoms with Crippen LogP contribution in [0.4, 0.5) is 21.8 Å². The van der Waals surface area contributed by atoms with Gasteiger partial charge >= 0.3 is 0 Å². The Morgan fingerprint density at radius 2 is 1.94 bits per heavy atom. The maximum absolute atomic E-state index is 13.4. The van der Waals surface area contributed by atoms with Crippen molar-refractivity contribution < 1.29 is 18.3 Å². The van der Waals surface area contributed by atoms with Crippen molar-refractivity contribution in [2.24, 2.45) is 0 Å². The van der Waals surface area contributed by atoms with Crippen LogP contribution in [0.2, 0.25) is 0 Å². The highest BCUT2D eigenvalue weighted by molar-refractivity contribution is 5.66. The SMILES string of the molecule is Fc1cccc(C2OC=C(Nc3ccnc(Nc4cccc(-c5cnco5)c4)n3)O2)c1. The van der Waals surface area contributed by atoms with E-state index in [9.17, 15) is 4.39 Å². The highest BCUT2D eigenvalue weighted by Crippen LogP contribution is 2.29. The second-order valence-corrected chi connectivity index (χ2v) is 6.58. The van der Waals surface area contributed by atoms with Crippen LogP contribution in [0.15, 0.2) is 89.9 Å². The summed E-state index contributed by atoms with van der Waals surface area (Å²) < 4.78 is 29.9. The van der Waals surface area contributed by atoms with Crippen LogP contribution >= 0.6 is 0 Å². The fourth-order valence-electron chi connectivity index (χ4n) is 3.01. The molecule has 0 aliphatic carbocycles. The van der Waals surface area contributed by atoms with Crippen LogP contribution < -0.4 is 10.6 Å². The minimum absolute atomic E-state index is 0.353. The molecule has 1 atom stereocenters. The summed E-state index contributed by atoms with van der Waals surface area (Å²) >= 11 is 0.